The van der Waals surface area contributed by atoms with Gasteiger partial charge in [-0.15, -0.1) is 0 Å². The molecule has 0 spiro atoms. The highest BCUT2D eigenvalue weighted by atomic mass is 35.5. The molecule has 0 aliphatic carbocycles. The molecule has 0 bridgehead atoms. The van der Waals surface area contributed by atoms with Crippen LogP contribution in [0.2, 0.25) is 5.02 Å². The number of hydrogen-bond acceptors (Lipinski definition) is 4. The topological polar surface area (TPSA) is 84.4 Å². The smallest absolute Gasteiger partial charge is 0.239 e. The van der Waals surface area contributed by atoms with Crippen molar-refractivity contribution < 1.29 is 9.18 Å². The largest absolute Gasteiger partial charge is 0.397 e. The molecule has 0 unspecified atom stereocenters. The van der Waals surface area contributed by atoms with Gasteiger partial charge in [0.05, 0.1) is 23.6 Å². The molecule has 0 saturated carbocycles. The predicted molar refractivity (Wildman–Crippen MR) is 76.8 cm³/mol. The van der Waals surface area contributed by atoms with E-state index in [2.05, 4.69) is 5.32 Å². The molecule has 0 saturated heterocycles. The monoisotopic (exact) mass is 288 g/mol. The molecule has 1 rings (SSSR count). The number of benzene rings is 1. The van der Waals surface area contributed by atoms with E-state index in [0.29, 0.717) is 6.54 Å². The van der Waals surface area contributed by atoms with Gasteiger partial charge in [-0.3, -0.25) is 4.79 Å². The fourth-order valence-corrected chi connectivity index (χ4v) is 1.80. The van der Waals surface area contributed by atoms with E-state index in [1.54, 1.807) is 7.05 Å². The molecule has 5 N–H and O–H groups in total. The number of rotatable bonds is 5. The van der Waals surface area contributed by atoms with Gasteiger partial charge in [0.1, 0.15) is 5.02 Å². The van der Waals surface area contributed by atoms with Gasteiger partial charge in [-0.25, -0.2) is 4.39 Å². The van der Waals surface area contributed by atoms with Gasteiger partial charge in [-0.05, 0) is 12.5 Å². The minimum atomic E-state index is -0.718. The Bertz CT molecular complexity index is 481. The van der Waals surface area contributed by atoms with Crippen LogP contribution in [0.5, 0.6) is 0 Å². The highest BCUT2D eigenvalue weighted by Crippen LogP contribution is 2.35. The third kappa shape index (κ3) is 3.64. The van der Waals surface area contributed by atoms with Crippen LogP contribution in [-0.4, -0.2) is 26.0 Å². The molecule has 1 amide bonds. The molecule has 0 heterocycles. The number of anilines is 3. The van der Waals surface area contributed by atoms with Crippen LogP contribution in [0.15, 0.2) is 6.07 Å². The second-order valence-electron chi connectivity index (χ2n) is 4.24. The third-order valence-corrected chi connectivity index (χ3v) is 2.96. The Balaban J connectivity index is 2.91. The lowest BCUT2D eigenvalue weighted by Crippen LogP contribution is -2.36. The maximum absolute atomic E-state index is 14.0. The molecule has 0 aromatic heterocycles. The number of carbonyl (C=O) groups excluding carboxylic acids is 1. The number of halogens is 2. The van der Waals surface area contributed by atoms with Crippen molar-refractivity contribution in [3.63, 3.8) is 0 Å². The van der Waals surface area contributed by atoms with Gasteiger partial charge in [-0.1, -0.05) is 18.5 Å². The molecule has 0 atom stereocenters. The van der Waals surface area contributed by atoms with Crippen molar-refractivity contribution in [2.24, 2.45) is 0 Å². The summed E-state index contributed by atoms with van der Waals surface area (Å²) in [6, 6.07) is 1.38. The summed E-state index contributed by atoms with van der Waals surface area (Å²) in [5.74, 6) is -0.930. The van der Waals surface area contributed by atoms with Gasteiger partial charge >= 0.3 is 0 Å². The number of carbonyl (C=O) groups is 1. The molecule has 106 valence electrons. The Kier molecular flexibility index (Phi) is 5.23. The summed E-state index contributed by atoms with van der Waals surface area (Å²) >= 11 is 5.74. The normalized spacial score (nSPS) is 10.3. The maximum Gasteiger partial charge on any atom is 0.239 e. The third-order valence-electron chi connectivity index (χ3n) is 2.57. The van der Waals surface area contributed by atoms with Crippen molar-refractivity contribution in [1.29, 1.82) is 0 Å². The summed E-state index contributed by atoms with van der Waals surface area (Å²) in [4.78, 5) is 13.0. The van der Waals surface area contributed by atoms with Crippen molar-refractivity contribution in [3.8, 4) is 0 Å². The highest BCUT2D eigenvalue weighted by molar-refractivity contribution is 6.33. The molecule has 0 fully saturated rings. The van der Waals surface area contributed by atoms with E-state index in [1.165, 1.54) is 11.0 Å². The maximum atomic E-state index is 14.0. The molecule has 7 heteroatoms. The summed E-state index contributed by atoms with van der Waals surface area (Å²) in [7, 11) is 1.56. The predicted octanol–water partition coefficient (Wildman–Crippen LogP) is 1.61. The van der Waals surface area contributed by atoms with Gasteiger partial charge in [0.15, 0.2) is 5.82 Å². The molecule has 1 aromatic carbocycles. The molecular weight excluding hydrogens is 271 g/mol. The number of nitrogen functional groups attached to an aromatic ring is 2. The summed E-state index contributed by atoms with van der Waals surface area (Å²) in [6.07, 6.45) is 0.833. The number of hydrogen-bond donors (Lipinski definition) is 3. The fraction of sp³-hybridized carbons (Fsp3) is 0.417. The van der Waals surface area contributed by atoms with Crippen LogP contribution in [0.3, 0.4) is 0 Å². The second-order valence-corrected chi connectivity index (χ2v) is 4.62. The first-order valence-corrected chi connectivity index (χ1v) is 6.27. The van der Waals surface area contributed by atoms with E-state index in [-0.39, 0.29) is 34.5 Å². The SMILES string of the molecule is CCCNC(=O)CN(C)c1c(N)cc(N)c(Cl)c1F. The Morgan fingerprint density at radius 1 is 1.47 bits per heavy atom. The van der Waals surface area contributed by atoms with E-state index < -0.39 is 5.82 Å². The molecule has 0 radical (unpaired) electrons. The number of nitrogens with one attached hydrogen (secondary N) is 1. The van der Waals surface area contributed by atoms with Crippen LogP contribution >= 0.6 is 11.6 Å². The fourth-order valence-electron chi connectivity index (χ4n) is 1.66. The lowest BCUT2D eigenvalue weighted by molar-refractivity contribution is -0.119. The average molecular weight is 289 g/mol. The van der Waals surface area contributed by atoms with Gasteiger partial charge in [0.25, 0.3) is 0 Å². The minimum absolute atomic E-state index is 0.0125. The quantitative estimate of drug-likeness (QED) is 0.719. The van der Waals surface area contributed by atoms with Crippen LogP contribution in [0.25, 0.3) is 0 Å². The summed E-state index contributed by atoms with van der Waals surface area (Å²) in [6.45, 7) is 2.51. The average Bonchev–Trinajstić information content (AvgIpc) is 2.33. The molecule has 1 aromatic rings. The minimum Gasteiger partial charge on any atom is -0.397 e. The van der Waals surface area contributed by atoms with Crippen molar-refractivity contribution >= 4 is 34.6 Å². The van der Waals surface area contributed by atoms with Crippen LogP contribution in [-0.2, 0) is 4.79 Å². The van der Waals surface area contributed by atoms with E-state index in [0.717, 1.165) is 6.42 Å². The zero-order chi connectivity index (χ0) is 14.6. The molecule has 0 aliphatic rings. The van der Waals surface area contributed by atoms with Gasteiger partial charge in [0.2, 0.25) is 5.91 Å². The van der Waals surface area contributed by atoms with Crippen molar-refractivity contribution in [2.45, 2.75) is 13.3 Å². The van der Waals surface area contributed by atoms with Gasteiger partial charge < -0.3 is 21.7 Å². The first-order valence-electron chi connectivity index (χ1n) is 5.89. The van der Waals surface area contributed by atoms with E-state index in [4.69, 9.17) is 23.1 Å². The van der Waals surface area contributed by atoms with Gasteiger partial charge in [-0.2, -0.15) is 0 Å². The summed E-state index contributed by atoms with van der Waals surface area (Å²) < 4.78 is 14.0. The zero-order valence-corrected chi connectivity index (χ0v) is 11.7. The lowest BCUT2D eigenvalue weighted by Gasteiger charge is -2.22. The highest BCUT2D eigenvalue weighted by Gasteiger charge is 2.19. The Morgan fingerprint density at radius 2 is 2.11 bits per heavy atom. The van der Waals surface area contributed by atoms with E-state index >= 15 is 0 Å². The van der Waals surface area contributed by atoms with Crippen molar-refractivity contribution in [3.05, 3.63) is 16.9 Å². The summed E-state index contributed by atoms with van der Waals surface area (Å²) in [5, 5.41) is 2.51. The Morgan fingerprint density at radius 3 is 2.68 bits per heavy atom. The molecular formula is C12H18ClFN4O. The number of amides is 1. The lowest BCUT2D eigenvalue weighted by atomic mass is 10.2. The first-order chi connectivity index (χ1) is 8.88. The number of nitrogens with two attached hydrogens (primary N) is 2. The van der Waals surface area contributed by atoms with Crippen molar-refractivity contribution in [1.82, 2.24) is 5.32 Å². The van der Waals surface area contributed by atoms with E-state index in [1.807, 2.05) is 6.92 Å². The van der Waals surface area contributed by atoms with Crippen LogP contribution in [0.1, 0.15) is 13.3 Å². The molecule has 0 aliphatic heterocycles. The molecule has 5 nitrogen and oxygen atoms in total. The van der Waals surface area contributed by atoms with Crippen LogP contribution in [0.4, 0.5) is 21.5 Å². The zero-order valence-electron chi connectivity index (χ0n) is 11.0. The number of likely N-dealkylation sites (N-methyl/N-ethyl adjacent to an activating group) is 1. The van der Waals surface area contributed by atoms with E-state index in [9.17, 15) is 9.18 Å². The van der Waals surface area contributed by atoms with Crippen LogP contribution < -0.4 is 21.7 Å². The Hall–Kier alpha value is -1.69. The molecule has 19 heavy (non-hydrogen) atoms. The summed E-state index contributed by atoms with van der Waals surface area (Å²) in [5.41, 5.74) is 11.5. The van der Waals surface area contributed by atoms with Crippen molar-refractivity contribution in [2.75, 3.05) is 36.5 Å². The second kappa shape index (κ2) is 6.47. The first kappa shape index (κ1) is 15.4. The Labute approximate surface area is 116 Å². The van der Waals surface area contributed by atoms with Gasteiger partial charge in [0, 0.05) is 13.6 Å². The standard InChI is InChI=1S/C12H18ClFN4O/c1-3-4-17-9(19)6-18(2)12-8(16)5-7(15)10(13)11(12)14/h5H,3-4,6,15-16H2,1-2H3,(H,17,19). The van der Waals surface area contributed by atoms with Crippen LogP contribution in [0, 0.1) is 5.82 Å². The number of nitrogens with zero attached hydrogens (tertiary/aromatic N) is 1.